The van der Waals surface area contributed by atoms with Gasteiger partial charge in [-0.1, -0.05) is 86.0 Å². The summed E-state index contributed by atoms with van der Waals surface area (Å²) in [7, 11) is 0. The molecule has 4 aromatic carbocycles. The summed E-state index contributed by atoms with van der Waals surface area (Å²) in [6.07, 6.45) is -0.391. The van der Waals surface area contributed by atoms with Crippen LogP contribution in [-0.2, 0) is 15.0 Å². The predicted octanol–water partition coefficient (Wildman–Crippen LogP) is 5.04. The van der Waals surface area contributed by atoms with Crippen molar-refractivity contribution >= 4 is 11.6 Å². The highest BCUT2D eigenvalue weighted by Gasteiger charge is 2.45. The summed E-state index contributed by atoms with van der Waals surface area (Å²) in [6, 6.07) is 32.0. The molecule has 5 rings (SSSR count). The van der Waals surface area contributed by atoms with Crippen LogP contribution in [0.5, 0.6) is 11.5 Å². The van der Waals surface area contributed by atoms with E-state index < -0.39 is 29.2 Å². The Bertz CT molecular complexity index is 1470. The summed E-state index contributed by atoms with van der Waals surface area (Å²) in [6.45, 7) is 6.45. The zero-order chi connectivity index (χ0) is 29.0. The lowest BCUT2D eigenvalue weighted by Gasteiger charge is -2.34. The van der Waals surface area contributed by atoms with E-state index in [9.17, 15) is 19.8 Å². The molecule has 1 aliphatic carbocycles. The van der Waals surface area contributed by atoms with E-state index in [1.54, 1.807) is 0 Å². The number of ether oxygens (including phenoxy) is 2. The molecule has 0 bridgehead atoms. The molecule has 2 atom stereocenters. The van der Waals surface area contributed by atoms with Crippen molar-refractivity contribution in [1.82, 2.24) is 0 Å². The minimum Gasteiger partial charge on any atom is -0.490 e. The van der Waals surface area contributed by atoms with Gasteiger partial charge in [0, 0.05) is 0 Å². The molecule has 6 heteroatoms. The Hall–Kier alpha value is -4.78. The van der Waals surface area contributed by atoms with E-state index in [0.717, 1.165) is 45.5 Å². The van der Waals surface area contributed by atoms with Crippen molar-refractivity contribution in [1.29, 1.82) is 0 Å². The van der Waals surface area contributed by atoms with E-state index in [2.05, 4.69) is 37.4 Å². The fourth-order valence-electron chi connectivity index (χ4n) is 5.41. The summed E-state index contributed by atoms with van der Waals surface area (Å²) in [5.41, 5.74) is 5.89. The van der Waals surface area contributed by atoms with Gasteiger partial charge in [0.15, 0.2) is 23.8 Å². The number of aliphatic hydroxyl groups is 2. The first kappa shape index (κ1) is 27.8. The molecule has 4 aromatic rings. The highest BCUT2D eigenvalue weighted by molar-refractivity contribution is 5.93. The molecule has 0 saturated carbocycles. The smallest absolute Gasteiger partial charge is 0.187 e. The van der Waals surface area contributed by atoms with Gasteiger partial charge in [-0.2, -0.15) is 0 Å². The predicted molar refractivity (Wildman–Crippen MR) is 157 cm³/mol. The quantitative estimate of drug-likeness (QED) is 0.213. The number of benzene rings is 4. The van der Waals surface area contributed by atoms with Crippen LogP contribution in [-0.4, -0.2) is 47.2 Å². The van der Waals surface area contributed by atoms with Crippen LogP contribution in [0.2, 0.25) is 0 Å². The molecule has 0 aromatic heterocycles. The number of hydrogen-bond acceptors (Lipinski definition) is 6. The van der Waals surface area contributed by atoms with Crippen LogP contribution in [0.25, 0.3) is 11.1 Å². The Labute approximate surface area is 238 Å². The highest BCUT2D eigenvalue weighted by atomic mass is 16.5. The van der Waals surface area contributed by atoms with Gasteiger partial charge in [-0.15, -0.1) is 0 Å². The van der Waals surface area contributed by atoms with Crippen LogP contribution in [0.4, 0.5) is 0 Å². The second kappa shape index (κ2) is 11.8. The lowest BCUT2D eigenvalue weighted by molar-refractivity contribution is -0.124. The van der Waals surface area contributed by atoms with Crippen molar-refractivity contribution in [2.45, 2.75) is 17.6 Å². The van der Waals surface area contributed by atoms with Gasteiger partial charge >= 0.3 is 0 Å². The number of fused-ring (bicyclic) bond motifs is 3. The average molecular weight is 547 g/mol. The van der Waals surface area contributed by atoms with Gasteiger partial charge in [0.05, 0.1) is 5.41 Å². The Balaban J connectivity index is 1.55. The third-order valence-electron chi connectivity index (χ3n) is 7.40. The fraction of sp³-hybridized carbons (Fsp3) is 0.143. The molecule has 206 valence electrons. The molecule has 2 N–H and O–H groups in total. The Kier molecular flexibility index (Phi) is 7.97. The number of rotatable bonds is 12. The minimum absolute atomic E-state index is 0.171. The molecule has 1 aliphatic rings. The van der Waals surface area contributed by atoms with Crippen molar-refractivity contribution in [2.24, 2.45) is 0 Å². The molecule has 6 nitrogen and oxygen atoms in total. The van der Waals surface area contributed by atoms with Crippen LogP contribution in [0, 0.1) is 0 Å². The van der Waals surface area contributed by atoms with E-state index in [-0.39, 0.29) is 13.2 Å². The van der Waals surface area contributed by atoms with Crippen molar-refractivity contribution in [3.05, 3.63) is 145 Å². The third kappa shape index (κ3) is 5.11. The van der Waals surface area contributed by atoms with E-state index in [1.165, 1.54) is 0 Å². The molecular weight excluding hydrogens is 516 g/mol. The second-order valence-electron chi connectivity index (χ2n) is 9.76. The normalized spacial score (nSPS) is 14.2. The summed E-state index contributed by atoms with van der Waals surface area (Å²) in [5, 5.41) is 19.9. The zero-order valence-electron chi connectivity index (χ0n) is 22.4. The molecule has 0 heterocycles. The van der Waals surface area contributed by atoms with Crippen LogP contribution in [0.3, 0.4) is 0 Å². The van der Waals surface area contributed by atoms with Gasteiger partial charge < -0.3 is 19.7 Å². The summed E-state index contributed by atoms with van der Waals surface area (Å²) < 4.78 is 11.4. The minimum atomic E-state index is -1.27. The van der Waals surface area contributed by atoms with E-state index in [0.29, 0.717) is 11.5 Å². The number of carbonyl (C=O) groups is 2. The van der Waals surface area contributed by atoms with Crippen LogP contribution in [0.15, 0.2) is 122 Å². The molecule has 41 heavy (non-hydrogen) atoms. The number of ketones is 2. The van der Waals surface area contributed by atoms with Crippen molar-refractivity contribution in [2.75, 3.05) is 13.2 Å². The summed E-state index contributed by atoms with van der Waals surface area (Å²) in [4.78, 5) is 23.3. The molecule has 2 unspecified atom stereocenters. The molecule has 0 amide bonds. The van der Waals surface area contributed by atoms with Crippen LogP contribution >= 0.6 is 0 Å². The van der Waals surface area contributed by atoms with Gasteiger partial charge in [-0.25, -0.2) is 0 Å². The van der Waals surface area contributed by atoms with Gasteiger partial charge in [0.2, 0.25) is 0 Å². The standard InChI is InChI=1S/C35H30O6/c1-3-31(36)33(38)21-40-25-17-13-23(14-18-25)35(24-15-19-26(20-16-24)41-22-34(39)32(37)4-2)29-11-7-5-9-27(29)28-10-6-8-12-30(28)35/h3-20,33-34,38-39H,1-2,21-22H2. The first-order valence-electron chi connectivity index (χ1n) is 13.2. The fourth-order valence-corrected chi connectivity index (χ4v) is 5.41. The van der Waals surface area contributed by atoms with E-state index in [4.69, 9.17) is 9.47 Å². The molecule has 0 aliphatic heterocycles. The average Bonchev–Trinajstić information content (AvgIpc) is 3.33. The zero-order valence-corrected chi connectivity index (χ0v) is 22.4. The molecular formula is C35H30O6. The van der Waals surface area contributed by atoms with Crippen LogP contribution in [0.1, 0.15) is 22.3 Å². The Morgan fingerprint density at radius 3 is 1.37 bits per heavy atom. The molecule has 0 radical (unpaired) electrons. The highest BCUT2D eigenvalue weighted by Crippen LogP contribution is 2.56. The first-order valence-corrected chi connectivity index (χ1v) is 13.2. The van der Waals surface area contributed by atoms with Gasteiger partial charge in [0.1, 0.15) is 24.7 Å². The second-order valence-corrected chi connectivity index (χ2v) is 9.76. The molecule has 0 saturated heterocycles. The van der Waals surface area contributed by atoms with Gasteiger partial charge in [-0.05, 0) is 69.8 Å². The Morgan fingerprint density at radius 1 is 0.634 bits per heavy atom. The first-order chi connectivity index (χ1) is 19.9. The lowest BCUT2D eigenvalue weighted by atomic mass is 9.68. The van der Waals surface area contributed by atoms with Crippen molar-refractivity contribution < 1.29 is 29.3 Å². The maximum absolute atomic E-state index is 11.6. The molecule has 0 spiro atoms. The van der Waals surface area contributed by atoms with Gasteiger partial charge in [0.25, 0.3) is 0 Å². The maximum Gasteiger partial charge on any atom is 0.187 e. The maximum atomic E-state index is 11.6. The number of aliphatic hydroxyl groups excluding tert-OH is 2. The van der Waals surface area contributed by atoms with E-state index in [1.807, 2.05) is 72.8 Å². The van der Waals surface area contributed by atoms with Gasteiger partial charge in [-0.3, -0.25) is 9.59 Å². The topological polar surface area (TPSA) is 93.1 Å². The Morgan fingerprint density at radius 2 is 1.00 bits per heavy atom. The number of hydrogen-bond donors (Lipinski definition) is 2. The monoisotopic (exact) mass is 546 g/mol. The van der Waals surface area contributed by atoms with E-state index >= 15 is 0 Å². The van der Waals surface area contributed by atoms with Crippen LogP contribution < -0.4 is 9.47 Å². The lowest BCUT2D eigenvalue weighted by Crippen LogP contribution is -2.29. The van der Waals surface area contributed by atoms with Crippen molar-refractivity contribution in [3.63, 3.8) is 0 Å². The molecule has 0 fully saturated rings. The summed E-state index contributed by atoms with van der Waals surface area (Å²) >= 11 is 0. The number of carbonyl (C=O) groups excluding carboxylic acids is 2. The largest absolute Gasteiger partial charge is 0.490 e. The summed E-state index contributed by atoms with van der Waals surface area (Å²) in [5.74, 6) is 0.0643. The SMILES string of the molecule is C=CC(=O)C(O)COc1ccc(C2(c3ccc(OCC(O)C(=O)C=C)cc3)c3ccccc3-c3ccccc32)cc1. The van der Waals surface area contributed by atoms with Crippen molar-refractivity contribution in [3.8, 4) is 22.6 Å². The third-order valence-corrected chi connectivity index (χ3v) is 7.40.